The van der Waals surface area contributed by atoms with Crippen LogP contribution in [0.5, 0.6) is 0 Å². The van der Waals surface area contributed by atoms with E-state index in [1.807, 2.05) is 53.9 Å². The second-order valence-electron chi connectivity index (χ2n) is 6.06. The minimum Gasteiger partial charge on any atom is -0.354 e. The van der Waals surface area contributed by atoms with Crippen LogP contribution in [0.3, 0.4) is 0 Å². The van der Waals surface area contributed by atoms with E-state index in [-0.39, 0.29) is 11.3 Å². The first-order valence-electron chi connectivity index (χ1n) is 8.22. The molecule has 0 saturated carbocycles. The normalized spacial score (nSPS) is 11.2. The Bertz CT molecular complexity index is 746. The Morgan fingerprint density at radius 1 is 0.960 bits per heavy atom. The van der Waals surface area contributed by atoms with Crippen molar-refractivity contribution in [3.63, 3.8) is 0 Å². The van der Waals surface area contributed by atoms with E-state index in [1.54, 1.807) is 23.1 Å². The molecule has 1 heterocycles. The van der Waals surface area contributed by atoms with Gasteiger partial charge in [0, 0.05) is 12.0 Å². The maximum atomic E-state index is 12.3. The molecule has 0 spiro atoms. The SMILES string of the molecule is CC(CNC(=O)CSc1cccs1)(c1ccccc1)c1ccccc1. The van der Waals surface area contributed by atoms with Gasteiger partial charge in [0.2, 0.25) is 5.91 Å². The number of thiophene rings is 1. The predicted octanol–water partition coefficient (Wildman–Crippen LogP) is 4.96. The van der Waals surface area contributed by atoms with E-state index in [9.17, 15) is 4.79 Å². The molecule has 25 heavy (non-hydrogen) atoms. The standard InChI is InChI=1S/C21H21NOS2/c1-21(17-9-4-2-5-10-17,18-11-6-3-7-12-18)16-22-19(23)15-25-20-13-8-14-24-20/h2-14H,15-16H2,1H3,(H,22,23). The zero-order chi connectivity index (χ0) is 17.5. The molecule has 1 N–H and O–H groups in total. The number of nitrogens with one attached hydrogen (secondary N) is 1. The Kier molecular flexibility index (Phi) is 5.95. The molecule has 2 nitrogen and oxygen atoms in total. The summed E-state index contributed by atoms with van der Waals surface area (Å²) in [7, 11) is 0. The number of hydrogen-bond donors (Lipinski definition) is 1. The summed E-state index contributed by atoms with van der Waals surface area (Å²) in [6.07, 6.45) is 0. The maximum Gasteiger partial charge on any atom is 0.230 e. The van der Waals surface area contributed by atoms with Crippen molar-refractivity contribution in [3.05, 3.63) is 89.3 Å². The topological polar surface area (TPSA) is 29.1 Å². The first-order valence-corrected chi connectivity index (χ1v) is 10.1. The van der Waals surface area contributed by atoms with Gasteiger partial charge in [-0.15, -0.1) is 23.1 Å². The van der Waals surface area contributed by atoms with Gasteiger partial charge in [0.15, 0.2) is 0 Å². The van der Waals surface area contributed by atoms with E-state index in [1.165, 1.54) is 15.3 Å². The highest BCUT2D eigenvalue weighted by Gasteiger charge is 2.29. The lowest BCUT2D eigenvalue weighted by molar-refractivity contribution is -0.118. The molecule has 0 aliphatic carbocycles. The highest BCUT2D eigenvalue weighted by atomic mass is 32.2. The second-order valence-corrected chi connectivity index (χ2v) is 8.28. The van der Waals surface area contributed by atoms with Gasteiger partial charge in [-0.25, -0.2) is 0 Å². The van der Waals surface area contributed by atoms with Crippen LogP contribution in [0.4, 0.5) is 0 Å². The van der Waals surface area contributed by atoms with Crippen LogP contribution in [0.15, 0.2) is 82.4 Å². The molecule has 4 heteroatoms. The molecule has 0 fully saturated rings. The highest BCUT2D eigenvalue weighted by Crippen LogP contribution is 2.31. The van der Waals surface area contributed by atoms with Crippen molar-refractivity contribution in [2.75, 3.05) is 12.3 Å². The van der Waals surface area contributed by atoms with Crippen LogP contribution >= 0.6 is 23.1 Å². The molecule has 0 unspecified atom stereocenters. The Morgan fingerprint density at radius 3 is 2.08 bits per heavy atom. The molecule has 0 saturated heterocycles. The number of benzene rings is 2. The van der Waals surface area contributed by atoms with E-state index in [2.05, 4.69) is 36.5 Å². The zero-order valence-corrected chi connectivity index (χ0v) is 15.8. The van der Waals surface area contributed by atoms with Gasteiger partial charge < -0.3 is 5.32 Å². The second kappa shape index (κ2) is 8.37. The summed E-state index contributed by atoms with van der Waals surface area (Å²) in [5.41, 5.74) is 2.14. The first kappa shape index (κ1) is 17.8. The van der Waals surface area contributed by atoms with Gasteiger partial charge in [0.25, 0.3) is 0 Å². The summed E-state index contributed by atoms with van der Waals surface area (Å²) in [4.78, 5) is 12.3. The van der Waals surface area contributed by atoms with Gasteiger partial charge >= 0.3 is 0 Å². The van der Waals surface area contributed by atoms with E-state index in [0.717, 1.165) is 0 Å². The number of thioether (sulfide) groups is 1. The number of amides is 1. The lowest BCUT2D eigenvalue weighted by atomic mass is 9.76. The van der Waals surface area contributed by atoms with E-state index < -0.39 is 0 Å². The van der Waals surface area contributed by atoms with Gasteiger partial charge in [-0.3, -0.25) is 4.79 Å². The average molecular weight is 368 g/mol. The van der Waals surface area contributed by atoms with E-state index in [0.29, 0.717) is 12.3 Å². The number of rotatable bonds is 7. The van der Waals surface area contributed by atoms with Crippen molar-refractivity contribution < 1.29 is 4.79 Å². The van der Waals surface area contributed by atoms with Crippen molar-refractivity contribution in [3.8, 4) is 0 Å². The number of carbonyl (C=O) groups excluding carboxylic acids is 1. The van der Waals surface area contributed by atoms with Crippen LogP contribution in [-0.2, 0) is 10.2 Å². The smallest absolute Gasteiger partial charge is 0.230 e. The fourth-order valence-electron chi connectivity index (χ4n) is 2.79. The van der Waals surface area contributed by atoms with Crippen LogP contribution in [0.2, 0.25) is 0 Å². The van der Waals surface area contributed by atoms with Crippen LogP contribution in [-0.4, -0.2) is 18.2 Å². The highest BCUT2D eigenvalue weighted by molar-refractivity contribution is 8.01. The maximum absolute atomic E-state index is 12.3. The summed E-state index contributed by atoms with van der Waals surface area (Å²) < 4.78 is 1.17. The summed E-state index contributed by atoms with van der Waals surface area (Å²) in [5, 5.41) is 5.16. The Balaban J connectivity index is 1.71. The predicted molar refractivity (Wildman–Crippen MR) is 107 cm³/mol. The van der Waals surface area contributed by atoms with E-state index >= 15 is 0 Å². The van der Waals surface area contributed by atoms with Gasteiger partial charge in [0.1, 0.15) is 0 Å². The minimum absolute atomic E-state index is 0.0662. The molecular weight excluding hydrogens is 346 g/mol. The molecule has 1 amide bonds. The van der Waals surface area contributed by atoms with Crippen LogP contribution < -0.4 is 5.32 Å². The summed E-state index contributed by atoms with van der Waals surface area (Å²) in [6.45, 7) is 2.76. The van der Waals surface area contributed by atoms with E-state index in [4.69, 9.17) is 0 Å². The molecule has 3 rings (SSSR count). The van der Waals surface area contributed by atoms with Gasteiger partial charge in [-0.2, -0.15) is 0 Å². The quantitative estimate of drug-likeness (QED) is 0.598. The Morgan fingerprint density at radius 2 is 1.56 bits per heavy atom. The molecule has 1 aromatic heterocycles. The number of hydrogen-bond acceptors (Lipinski definition) is 3. The van der Waals surface area contributed by atoms with Crippen molar-refractivity contribution in [1.29, 1.82) is 0 Å². The fourth-order valence-corrected chi connectivity index (χ4v) is 4.41. The van der Waals surface area contributed by atoms with Crippen molar-refractivity contribution in [2.24, 2.45) is 0 Å². The zero-order valence-electron chi connectivity index (χ0n) is 14.1. The van der Waals surface area contributed by atoms with Crippen molar-refractivity contribution in [2.45, 2.75) is 16.5 Å². The molecule has 128 valence electrons. The summed E-state index contributed by atoms with van der Waals surface area (Å²) in [5.74, 6) is 0.511. The fraction of sp³-hybridized carbons (Fsp3) is 0.190. The van der Waals surface area contributed by atoms with Crippen molar-refractivity contribution in [1.82, 2.24) is 5.32 Å². The molecule has 3 aromatic rings. The molecular formula is C21H21NOS2. The molecule has 0 aliphatic rings. The molecule has 0 bridgehead atoms. The third kappa shape index (κ3) is 4.53. The lowest BCUT2D eigenvalue weighted by Gasteiger charge is -2.31. The Labute approximate surface area is 157 Å². The van der Waals surface area contributed by atoms with Crippen LogP contribution in [0.25, 0.3) is 0 Å². The average Bonchev–Trinajstić information content (AvgIpc) is 3.19. The molecule has 2 aromatic carbocycles. The number of carbonyl (C=O) groups is 1. The molecule has 0 atom stereocenters. The van der Waals surface area contributed by atoms with Gasteiger partial charge in [-0.05, 0) is 29.5 Å². The van der Waals surface area contributed by atoms with Crippen LogP contribution in [0.1, 0.15) is 18.1 Å². The lowest BCUT2D eigenvalue weighted by Crippen LogP contribution is -2.40. The third-order valence-corrected chi connectivity index (χ3v) is 6.43. The molecule has 0 aliphatic heterocycles. The minimum atomic E-state index is -0.258. The molecule has 0 radical (unpaired) electrons. The summed E-state index contributed by atoms with van der Waals surface area (Å²) >= 11 is 3.25. The first-order chi connectivity index (χ1) is 12.2. The van der Waals surface area contributed by atoms with Crippen molar-refractivity contribution >= 4 is 29.0 Å². The largest absolute Gasteiger partial charge is 0.354 e. The van der Waals surface area contributed by atoms with Gasteiger partial charge in [-0.1, -0.05) is 66.7 Å². The van der Waals surface area contributed by atoms with Crippen LogP contribution in [0, 0.1) is 0 Å². The van der Waals surface area contributed by atoms with Gasteiger partial charge in [0.05, 0.1) is 9.96 Å². The monoisotopic (exact) mass is 367 g/mol. The Hall–Kier alpha value is -2.04. The third-order valence-electron chi connectivity index (χ3n) is 4.30. The summed E-state index contributed by atoms with van der Waals surface area (Å²) in [6, 6.07) is 24.8.